The third kappa shape index (κ3) is 4.99. The molecule has 5 heteroatoms. The number of para-hydroxylation sites is 3. The summed E-state index contributed by atoms with van der Waals surface area (Å²) in [6.07, 6.45) is 0. The van der Waals surface area contributed by atoms with Crippen LogP contribution in [0.3, 0.4) is 0 Å². The zero-order chi connectivity index (χ0) is 37.5. The molecular weight excluding hydrogens is 713 g/mol. The Morgan fingerprint density at radius 2 is 0.860 bits per heavy atom. The Labute approximate surface area is 332 Å². The van der Waals surface area contributed by atoms with Gasteiger partial charge in [0.25, 0.3) is 0 Å². The normalized spacial score (nSPS) is 11.9. The minimum atomic E-state index is 0.709. The van der Waals surface area contributed by atoms with Crippen molar-refractivity contribution in [2.24, 2.45) is 0 Å². The maximum absolute atomic E-state index is 5.36. The summed E-state index contributed by atoms with van der Waals surface area (Å²) >= 11 is 1.81. The first-order valence-electron chi connectivity index (χ1n) is 19.2. The number of hydrogen-bond acceptors (Lipinski definition) is 3. The number of nitrogens with zero attached hydrogens (tertiary/aromatic N) is 4. The predicted octanol–water partition coefficient (Wildman–Crippen LogP) is 14.0. The molecule has 0 bridgehead atoms. The van der Waals surface area contributed by atoms with Gasteiger partial charge >= 0.3 is 0 Å². The summed E-state index contributed by atoms with van der Waals surface area (Å²) in [5.74, 6) is 0.709. The molecule has 0 radical (unpaired) electrons. The predicted molar refractivity (Wildman–Crippen MR) is 240 cm³/mol. The van der Waals surface area contributed by atoms with Crippen molar-refractivity contribution in [3.05, 3.63) is 194 Å². The molecule has 0 aliphatic carbocycles. The Morgan fingerprint density at radius 3 is 1.47 bits per heavy atom. The molecule has 0 atom stereocenters. The molecule has 0 unspecified atom stereocenters. The zero-order valence-corrected chi connectivity index (χ0v) is 31.5. The fourth-order valence-electron chi connectivity index (χ4n) is 8.75. The summed E-state index contributed by atoms with van der Waals surface area (Å²) in [7, 11) is 0. The standard InChI is InChI=1S/C52H32N4S/c1-4-16-33(17-5-1)44-31-45(34-18-6-2-7-19-34)54-52(53-44)43-29-36(28-42-39-24-12-15-27-50(39)57-51(42)43)56-47-26-14-11-23-38(47)41-30-40-37-22-10-13-25-46(37)55(48(40)32-49(41)56)35-20-8-3-9-21-35/h1-32H. The van der Waals surface area contributed by atoms with Crippen LogP contribution in [0.5, 0.6) is 0 Å². The van der Waals surface area contributed by atoms with E-state index in [4.69, 9.17) is 9.97 Å². The highest BCUT2D eigenvalue weighted by molar-refractivity contribution is 7.26. The Morgan fingerprint density at radius 1 is 0.351 bits per heavy atom. The molecule has 4 heterocycles. The van der Waals surface area contributed by atoms with Crippen LogP contribution in [0.1, 0.15) is 0 Å². The molecule has 8 aromatic carbocycles. The number of thiophene rings is 1. The molecule has 0 fully saturated rings. The van der Waals surface area contributed by atoms with Gasteiger partial charge in [0.05, 0.1) is 33.5 Å². The SMILES string of the molecule is c1ccc(-c2cc(-c3ccccc3)nc(-c3cc(-n4c5ccccc5c5cc6c7ccccc7n(-c7ccccc7)c6cc54)cc4c3sc3ccccc34)n2)cc1. The number of rotatable bonds is 5. The van der Waals surface area contributed by atoms with E-state index < -0.39 is 0 Å². The second-order valence-corrected chi connectivity index (χ2v) is 15.6. The second-order valence-electron chi connectivity index (χ2n) is 14.6. The van der Waals surface area contributed by atoms with Crippen LogP contribution >= 0.6 is 11.3 Å². The molecule has 266 valence electrons. The smallest absolute Gasteiger partial charge is 0.161 e. The van der Waals surface area contributed by atoms with E-state index in [1.54, 1.807) is 0 Å². The zero-order valence-electron chi connectivity index (χ0n) is 30.7. The molecule has 0 aliphatic rings. The van der Waals surface area contributed by atoms with Crippen LogP contribution in [-0.2, 0) is 0 Å². The molecule has 4 aromatic heterocycles. The second kappa shape index (κ2) is 12.6. The summed E-state index contributed by atoms with van der Waals surface area (Å²) in [5.41, 5.74) is 11.8. The van der Waals surface area contributed by atoms with E-state index in [0.717, 1.165) is 50.5 Å². The third-order valence-electron chi connectivity index (χ3n) is 11.3. The number of hydrogen-bond donors (Lipinski definition) is 0. The van der Waals surface area contributed by atoms with E-state index in [1.165, 1.54) is 52.8 Å². The largest absolute Gasteiger partial charge is 0.309 e. The van der Waals surface area contributed by atoms with Gasteiger partial charge in [0.2, 0.25) is 0 Å². The monoisotopic (exact) mass is 744 g/mol. The molecule has 0 spiro atoms. The van der Waals surface area contributed by atoms with Crippen molar-refractivity contribution in [1.29, 1.82) is 0 Å². The van der Waals surface area contributed by atoms with Crippen molar-refractivity contribution in [2.75, 3.05) is 0 Å². The van der Waals surface area contributed by atoms with Crippen LogP contribution in [-0.4, -0.2) is 19.1 Å². The summed E-state index contributed by atoms with van der Waals surface area (Å²) in [6, 6.07) is 69.5. The average molecular weight is 745 g/mol. The van der Waals surface area contributed by atoms with Gasteiger partial charge in [-0.05, 0) is 60.7 Å². The minimum Gasteiger partial charge on any atom is -0.309 e. The van der Waals surface area contributed by atoms with E-state index in [2.05, 4.69) is 191 Å². The van der Waals surface area contributed by atoms with Crippen LogP contribution in [0.15, 0.2) is 194 Å². The molecule has 0 amide bonds. The lowest BCUT2D eigenvalue weighted by atomic mass is 10.0. The van der Waals surface area contributed by atoms with Crippen molar-refractivity contribution >= 4 is 75.1 Å². The van der Waals surface area contributed by atoms with Gasteiger partial charge in [-0.25, -0.2) is 9.97 Å². The van der Waals surface area contributed by atoms with Gasteiger partial charge in [-0.2, -0.15) is 0 Å². The molecule has 0 saturated heterocycles. The van der Waals surface area contributed by atoms with Gasteiger partial charge in [0.15, 0.2) is 5.82 Å². The molecule has 12 aromatic rings. The Bertz CT molecular complexity index is 3450. The topological polar surface area (TPSA) is 35.6 Å². The molecule has 0 aliphatic heterocycles. The molecule has 57 heavy (non-hydrogen) atoms. The first kappa shape index (κ1) is 32.0. The van der Waals surface area contributed by atoms with E-state index in [9.17, 15) is 0 Å². The highest BCUT2D eigenvalue weighted by Gasteiger charge is 2.22. The van der Waals surface area contributed by atoms with E-state index in [1.807, 2.05) is 23.5 Å². The van der Waals surface area contributed by atoms with Crippen LogP contribution in [0, 0.1) is 0 Å². The summed E-state index contributed by atoms with van der Waals surface area (Å²) in [5, 5.41) is 7.35. The molecule has 4 nitrogen and oxygen atoms in total. The van der Waals surface area contributed by atoms with Crippen LogP contribution in [0.4, 0.5) is 0 Å². The van der Waals surface area contributed by atoms with Gasteiger partial charge < -0.3 is 9.13 Å². The Kier molecular flexibility index (Phi) is 7.06. The van der Waals surface area contributed by atoms with Gasteiger partial charge in [-0.15, -0.1) is 11.3 Å². The fourth-order valence-corrected chi connectivity index (χ4v) is 9.95. The van der Waals surface area contributed by atoms with Crippen molar-refractivity contribution in [1.82, 2.24) is 19.1 Å². The highest BCUT2D eigenvalue weighted by Crippen LogP contribution is 2.44. The van der Waals surface area contributed by atoms with Crippen molar-refractivity contribution in [3.63, 3.8) is 0 Å². The van der Waals surface area contributed by atoms with E-state index >= 15 is 0 Å². The highest BCUT2D eigenvalue weighted by atomic mass is 32.1. The van der Waals surface area contributed by atoms with Crippen molar-refractivity contribution in [2.45, 2.75) is 0 Å². The maximum atomic E-state index is 5.36. The van der Waals surface area contributed by atoms with Crippen LogP contribution in [0.25, 0.3) is 109 Å². The number of fused-ring (bicyclic) bond motifs is 9. The fraction of sp³-hybridized carbons (Fsp3) is 0. The lowest BCUT2D eigenvalue weighted by Gasteiger charge is -2.14. The van der Waals surface area contributed by atoms with Gasteiger partial charge in [0.1, 0.15) is 0 Å². The van der Waals surface area contributed by atoms with Crippen LogP contribution < -0.4 is 0 Å². The van der Waals surface area contributed by atoms with Gasteiger partial charge in [-0.1, -0.05) is 133 Å². The van der Waals surface area contributed by atoms with Crippen molar-refractivity contribution in [3.8, 4) is 45.3 Å². The molecular formula is C52H32N4S. The van der Waals surface area contributed by atoms with Gasteiger partial charge in [0, 0.05) is 69.8 Å². The number of benzene rings is 8. The average Bonchev–Trinajstić information content (AvgIpc) is 3.93. The summed E-state index contributed by atoms with van der Waals surface area (Å²) in [4.78, 5) is 10.7. The first-order valence-corrected chi connectivity index (χ1v) is 20.1. The van der Waals surface area contributed by atoms with E-state index in [0.29, 0.717) is 5.82 Å². The quantitative estimate of drug-likeness (QED) is 0.176. The first-order chi connectivity index (χ1) is 28.3. The van der Waals surface area contributed by atoms with Crippen molar-refractivity contribution < 1.29 is 0 Å². The molecule has 0 N–H and O–H groups in total. The van der Waals surface area contributed by atoms with E-state index in [-0.39, 0.29) is 0 Å². The number of aromatic nitrogens is 4. The third-order valence-corrected chi connectivity index (χ3v) is 12.5. The summed E-state index contributed by atoms with van der Waals surface area (Å²) in [6.45, 7) is 0. The van der Waals surface area contributed by atoms with Crippen LogP contribution in [0.2, 0.25) is 0 Å². The lowest BCUT2D eigenvalue weighted by molar-refractivity contribution is 1.16. The minimum absolute atomic E-state index is 0.709. The summed E-state index contributed by atoms with van der Waals surface area (Å²) < 4.78 is 7.27. The Balaban J connectivity index is 1.20. The maximum Gasteiger partial charge on any atom is 0.161 e. The molecule has 0 saturated carbocycles. The Hall–Kier alpha value is -7.34. The van der Waals surface area contributed by atoms with Gasteiger partial charge in [-0.3, -0.25) is 0 Å². The molecule has 12 rings (SSSR count). The lowest BCUT2D eigenvalue weighted by Crippen LogP contribution is -1.99.